The topological polar surface area (TPSA) is 91.8 Å². The van der Waals surface area contributed by atoms with Crippen molar-refractivity contribution >= 4 is 11.6 Å². The molecule has 0 saturated heterocycles. The third kappa shape index (κ3) is 3.72. The van der Waals surface area contributed by atoms with E-state index in [-0.39, 0.29) is 5.91 Å². The number of anilines is 1. The molecular weight excluding hydrogens is 340 g/mol. The third-order valence-corrected chi connectivity index (χ3v) is 4.80. The molecule has 1 heterocycles. The normalized spacial score (nSPS) is 14.0. The maximum absolute atomic E-state index is 12.4. The van der Waals surface area contributed by atoms with Gasteiger partial charge in [0.15, 0.2) is 0 Å². The first kappa shape index (κ1) is 17.0. The first-order valence-electron chi connectivity index (χ1n) is 8.98. The molecule has 0 aliphatic heterocycles. The zero-order valence-corrected chi connectivity index (χ0v) is 14.7. The van der Waals surface area contributed by atoms with Crippen LogP contribution in [0, 0.1) is 11.3 Å². The number of rotatable bonds is 4. The van der Waals surface area contributed by atoms with E-state index in [0.717, 1.165) is 18.4 Å². The first-order chi connectivity index (χ1) is 13.2. The van der Waals surface area contributed by atoms with Crippen molar-refractivity contribution < 1.29 is 9.32 Å². The van der Waals surface area contributed by atoms with E-state index in [9.17, 15) is 4.79 Å². The maximum atomic E-state index is 12.4. The Morgan fingerprint density at radius 2 is 1.93 bits per heavy atom. The maximum Gasteiger partial charge on any atom is 0.255 e. The molecule has 0 bridgehead atoms. The van der Waals surface area contributed by atoms with Gasteiger partial charge in [0.2, 0.25) is 11.7 Å². The summed E-state index contributed by atoms with van der Waals surface area (Å²) in [6, 6.07) is 15.9. The molecule has 1 saturated carbocycles. The van der Waals surface area contributed by atoms with Crippen molar-refractivity contribution in [2.24, 2.45) is 0 Å². The van der Waals surface area contributed by atoms with Gasteiger partial charge in [-0.1, -0.05) is 36.2 Å². The largest absolute Gasteiger partial charge is 0.339 e. The van der Waals surface area contributed by atoms with Gasteiger partial charge in [0.1, 0.15) is 0 Å². The van der Waals surface area contributed by atoms with Gasteiger partial charge in [0.05, 0.1) is 11.6 Å². The fourth-order valence-corrected chi connectivity index (χ4v) is 3.33. The Balaban J connectivity index is 1.47. The SMILES string of the molecule is N#Cc1cccc(NC(=O)c2ccc(-c3noc(C4CCCC4)n3)cc2)c1. The van der Waals surface area contributed by atoms with E-state index in [1.807, 2.05) is 12.1 Å². The van der Waals surface area contributed by atoms with Crippen molar-refractivity contribution in [3.05, 3.63) is 65.5 Å². The quantitative estimate of drug-likeness (QED) is 0.740. The van der Waals surface area contributed by atoms with Crippen LogP contribution in [0.3, 0.4) is 0 Å². The molecular formula is C21H18N4O2. The molecule has 0 atom stereocenters. The van der Waals surface area contributed by atoms with Crippen molar-refractivity contribution in [1.82, 2.24) is 10.1 Å². The number of nitrogens with one attached hydrogen (secondary N) is 1. The van der Waals surface area contributed by atoms with Gasteiger partial charge < -0.3 is 9.84 Å². The van der Waals surface area contributed by atoms with Crippen LogP contribution in [-0.2, 0) is 0 Å². The van der Waals surface area contributed by atoms with Crippen molar-refractivity contribution in [2.75, 3.05) is 5.32 Å². The van der Waals surface area contributed by atoms with Crippen LogP contribution in [0.15, 0.2) is 53.1 Å². The van der Waals surface area contributed by atoms with E-state index in [4.69, 9.17) is 9.78 Å². The Kier molecular flexibility index (Phi) is 4.67. The number of hydrogen-bond acceptors (Lipinski definition) is 5. The average Bonchev–Trinajstić information content (AvgIpc) is 3.40. The molecule has 1 aromatic heterocycles. The molecule has 27 heavy (non-hydrogen) atoms. The Bertz CT molecular complexity index is 996. The Morgan fingerprint density at radius 1 is 1.15 bits per heavy atom. The molecule has 1 aliphatic rings. The summed E-state index contributed by atoms with van der Waals surface area (Å²) >= 11 is 0. The predicted octanol–water partition coefficient (Wildman–Crippen LogP) is 4.52. The minimum absolute atomic E-state index is 0.239. The van der Waals surface area contributed by atoms with Gasteiger partial charge >= 0.3 is 0 Å². The van der Waals surface area contributed by atoms with E-state index < -0.39 is 0 Å². The molecule has 1 amide bonds. The van der Waals surface area contributed by atoms with Crippen molar-refractivity contribution in [3.8, 4) is 17.5 Å². The van der Waals surface area contributed by atoms with Crippen LogP contribution in [0.25, 0.3) is 11.4 Å². The summed E-state index contributed by atoms with van der Waals surface area (Å²) in [5.74, 6) is 1.39. The van der Waals surface area contributed by atoms with Crippen LogP contribution >= 0.6 is 0 Å². The van der Waals surface area contributed by atoms with Crippen LogP contribution in [0.2, 0.25) is 0 Å². The molecule has 4 rings (SSSR count). The Morgan fingerprint density at radius 3 is 2.67 bits per heavy atom. The average molecular weight is 358 g/mol. The van der Waals surface area contributed by atoms with E-state index in [0.29, 0.717) is 34.4 Å². The number of hydrogen-bond donors (Lipinski definition) is 1. The summed E-state index contributed by atoms with van der Waals surface area (Å²) in [7, 11) is 0. The van der Waals surface area contributed by atoms with Crippen LogP contribution in [0.5, 0.6) is 0 Å². The molecule has 3 aromatic rings. The lowest BCUT2D eigenvalue weighted by Crippen LogP contribution is -2.11. The number of aromatic nitrogens is 2. The van der Waals surface area contributed by atoms with Crippen LogP contribution < -0.4 is 5.32 Å². The Labute approximate surface area is 156 Å². The van der Waals surface area contributed by atoms with E-state index in [1.165, 1.54) is 12.8 Å². The minimum Gasteiger partial charge on any atom is -0.339 e. The second-order valence-corrected chi connectivity index (χ2v) is 6.66. The summed E-state index contributed by atoms with van der Waals surface area (Å²) in [6.07, 6.45) is 4.63. The summed E-state index contributed by atoms with van der Waals surface area (Å²) in [6.45, 7) is 0. The summed E-state index contributed by atoms with van der Waals surface area (Å²) in [5, 5.41) is 15.8. The van der Waals surface area contributed by atoms with Crippen LogP contribution in [0.4, 0.5) is 5.69 Å². The number of nitrogens with zero attached hydrogens (tertiary/aromatic N) is 3. The highest BCUT2D eigenvalue weighted by Crippen LogP contribution is 2.33. The minimum atomic E-state index is -0.239. The number of benzene rings is 2. The molecule has 1 fully saturated rings. The van der Waals surface area contributed by atoms with Gasteiger partial charge in [-0.25, -0.2) is 0 Å². The molecule has 6 heteroatoms. The molecule has 0 radical (unpaired) electrons. The molecule has 0 spiro atoms. The zero-order chi connectivity index (χ0) is 18.6. The standard InChI is InChI=1S/C21H18N4O2/c22-13-14-4-3-7-18(12-14)23-20(26)16-10-8-15(9-11-16)19-24-21(27-25-19)17-5-1-2-6-17/h3-4,7-12,17H,1-2,5-6H2,(H,23,26). The van der Waals surface area contributed by atoms with Gasteiger partial charge in [-0.3, -0.25) is 4.79 Å². The monoisotopic (exact) mass is 358 g/mol. The molecule has 0 unspecified atom stereocenters. The highest BCUT2D eigenvalue weighted by molar-refractivity contribution is 6.04. The van der Waals surface area contributed by atoms with E-state index in [1.54, 1.807) is 36.4 Å². The number of carbonyl (C=O) groups excluding carboxylic acids is 1. The summed E-state index contributed by atoms with van der Waals surface area (Å²) < 4.78 is 5.41. The highest BCUT2D eigenvalue weighted by Gasteiger charge is 2.23. The third-order valence-electron chi connectivity index (χ3n) is 4.80. The van der Waals surface area contributed by atoms with Crippen molar-refractivity contribution in [1.29, 1.82) is 5.26 Å². The van der Waals surface area contributed by atoms with E-state index in [2.05, 4.69) is 21.5 Å². The van der Waals surface area contributed by atoms with E-state index >= 15 is 0 Å². The molecule has 1 aliphatic carbocycles. The lowest BCUT2D eigenvalue weighted by Gasteiger charge is -2.06. The van der Waals surface area contributed by atoms with Crippen molar-refractivity contribution in [2.45, 2.75) is 31.6 Å². The lowest BCUT2D eigenvalue weighted by molar-refractivity contribution is 0.102. The number of nitriles is 1. The molecule has 6 nitrogen and oxygen atoms in total. The molecule has 2 aromatic carbocycles. The highest BCUT2D eigenvalue weighted by atomic mass is 16.5. The number of carbonyl (C=O) groups is 1. The van der Waals surface area contributed by atoms with Crippen LogP contribution in [-0.4, -0.2) is 16.0 Å². The van der Waals surface area contributed by atoms with Gasteiger partial charge in [0, 0.05) is 22.7 Å². The zero-order valence-electron chi connectivity index (χ0n) is 14.7. The van der Waals surface area contributed by atoms with Crippen LogP contribution in [0.1, 0.15) is 53.4 Å². The lowest BCUT2D eigenvalue weighted by atomic mass is 10.1. The van der Waals surface area contributed by atoms with Gasteiger partial charge in [-0.15, -0.1) is 0 Å². The number of amides is 1. The summed E-state index contributed by atoms with van der Waals surface area (Å²) in [4.78, 5) is 16.9. The fourth-order valence-electron chi connectivity index (χ4n) is 3.33. The smallest absolute Gasteiger partial charge is 0.255 e. The molecule has 134 valence electrons. The van der Waals surface area contributed by atoms with Gasteiger partial charge in [0.25, 0.3) is 5.91 Å². The Hall–Kier alpha value is -3.46. The first-order valence-corrected chi connectivity index (χ1v) is 8.98. The van der Waals surface area contributed by atoms with Crippen molar-refractivity contribution in [3.63, 3.8) is 0 Å². The fraction of sp³-hybridized carbons (Fsp3) is 0.238. The molecule has 1 N–H and O–H groups in total. The predicted molar refractivity (Wildman–Crippen MR) is 100 cm³/mol. The summed E-state index contributed by atoms with van der Waals surface area (Å²) in [5.41, 5.74) is 2.41. The second-order valence-electron chi connectivity index (χ2n) is 6.66. The second kappa shape index (κ2) is 7.42. The van der Waals surface area contributed by atoms with Gasteiger partial charge in [-0.2, -0.15) is 10.2 Å². The van der Waals surface area contributed by atoms with Gasteiger partial charge in [-0.05, 0) is 43.2 Å².